The molecule has 1 fully saturated rings. The van der Waals surface area contributed by atoms with Gasteiger partial charge in [0.25, 0.3) is 5.91 Å². The van der Waals surface area contributed by atoms with E-state index < -0.39 is 20.5 Å². The summed E-state index contributed by atoms with van der Waals surface area (Å²) in [6.45, 7) is 0. The number of ether oxygens (including phenoxy) is 1. The second-order valence-electron chi connectivity index (χ2n) is 4.82. The van der Waals surface area contributed by atoms with Gasteiger partial charge in [-0.05, 0) is 37.1 Å². The van der Waals surface area contributed by atoms with Crippen molar-refractivity contribution < 1.29 is 23.2 Å². The van der Waals surface area contributed by atoms with Crippen molar-refractivity contribution in [1.29, 1.82) is 0 Å². The third kappa shape index (κ3) is 2.16. The first-order chi connectivity index (χ1) is 9.48. The van der Waals surface area contributed by atoms with Crippen molar-refractivity contribution in [2.45, 2.75) is 35.3 Å². The second-order valence-corrected chi connectivity index (χ2v) is 7.08. The van der Waals surface area contributed by atoms with E-state index in [9.17, 15) is 13.2 Å². The molecule has 110 valence electrons. The summed E-state index contributed by atoms with van der Waals surface area (Å²) in [6.07, 6.45) is 1.72. The van der Waals surface area contributed by atoms with Gasteiger partial charge in [-0.15, -0.1) is 0 Å². The molecule has 0 aromatic heterocycles. The average Bonchev–Trinajstić information content (AvgIpc) is 2.97. The maximum atomic E-state index is 12.7. The van der Waals surface area contributed by atoms with Crippen LogP contribution < -0.4 is 10.2 Å². The third-order valence-electron chi connectivity index (χ3n) is 3.81. The van der Waals surface area contributed by atoms with Crippen LogP contribution in [0.3, 0.4) is 0 Å². The van der Waals surface area contributed by atoms with Crippen LogP contribution >= 0.6 is 0 Å². The van der Waals surface area contributed by atoms with E-state index in [1.807, 2.05) is 0 Å². The summed E-state index contributed by atoms with van der Waals surface area (Å²) >= 11 is 0. The topological polar surface area (TPSA) is 92.7 Å². The van der Waals surface area contributed by atoms with E-state index in [4.69, 9.17) is 9.94 Å². The highest BCUT2D eigenvalue weighted by molar-refractivity contribution is 7.93. The maximum Gasteiger partial charge on any atom is 0.265 e. The molecule has 1 amide bonds. The van der Waals surface area contributed by atoms with E-state index in [2.05, 4.69) is 0 Å². The van der Waals surface area contributed by atoms with Crippen LogP contribution in [0, 0.1) is 0 Å². The lowest BCUT2D eigenvalue weighted by Crippen LogP contribution is -2.49. The average molecular weight is 299 g/mol. The van der Waals surface area contributed by atoms with Crippen molar-refractivity contribution in [3.05, 3.63) is 24.3 Å². The molecule has 0 unspecified atom stereocenters. The van der Waals surface area contributed by atoms with Crippen molar-refractivity contribution >= 4 is 15.7 Å². The van der Waals surface area contributed by atoms with Crippen molar-refractivity contribution in [1.82, 2.24) is 5.48 Å². The Labute approximate surface area is 117 Å². The van der Waals surface area contributed by atoms with Crippen LogP contribution in [0.4, 0.5) is 0 Å². The highest BCUT2D eigenvalue weighted by atomic mass is 32.2. The summed E-state index contributed by atoms with van der Waals surface area (Å²) in [5.41, 5.74) is 1.50. The molecular formula is C13H17NO5S. The molecular weight excluding hydrogens is 282 g/mol. The highest BCUT2D eigenvalue weighted by Gasteiger charge is 2.52. The van der Waals surface area contributed by atoms with Crippen LogP contribution in [0.15, 0.2) is 29.2 Å². The fourth-order valence-corrected chi connectivity index (χ4v) is 4.71. The van der Waals surface area contributed by atoms with Gasteiger partial charge in [0.15, 0.2) is 14.6 Å². The summed E-state index contributed by atoms with van der Waals surface area (Å²) in [6, 6.07) is 5.90. The zero-order valence-electron chi connectivity index (χ0n) is 11.1. The molecule has 0 spiro atoms. The van der Waals surface area contributed by atoms with E-state index in [0.717, 1.165) is 0 Å². The minimum atomic E-state index is -3.86. The molecule has 1 aliphatic carbocycles. The fourth-order valence-electron chi connectivity index (χ4n) is 2.65. The van der Waals surface area contributed by atoms with E-state index in [-0.39, 0.29) is 17.7 Å². The molecule has 1 aromatic carbocycles. The first kappa shape index (κ1) is 14.8. The lowest BCUT2D eigenvalue weighted by Gasteiger charge is -2.26. The second kappa shape index (κ2) is 5.41. The zero-order valence-corrected chi connectivity index (χ0v) is 11.9. The van der Waals surface area contributed by atoms with Crippen molar-refractivity contribution in [2.75, 3.05) is 7.11 Å². The van der Waals surface area contributed by atoms with Gasteiger partial charge in [-0.25, -0.2) is 13.9 Å². The normalized spacial score (nSPS) is 17.7. The van der Waals surface area contributed by atoms with Gasteiger partial charge in [0.05, 0.1) is 12.0 Å². The molecule has 2 rings (SSSR count). The summed E-state index contributed by atoms with van der Waals surface area (Å²) in [5.74, 6) is -0.318. The van der Waals surface area contributed by atoms with Crippen LogP contribution in [-0.2, 0) is 14.6 Å². The van der Waals surface area contributed by atoms with E-state index >= 15 is 0 Å². The van der Waals surface area contributed by atoms with Crippen LogP contribution in [0.1, 0.15) is 25.7 Å². The van der Waals surface area contributed by atoms with E-state index in [0.29, 0.717) is 18.6 Å². The molecule has 0 bridgehead atoms. The van der Waals surface area contributed by atoms with Gasteiger partial charge in [0, 0.05) is 0 Å². The lowest BCUT2D eigenvalue weighted by atomic mass is 10.1. The first-order valence-electron chi connectivity index (χ1n) is 6.31. The SMILES string of the molecule is COc1ccc(S(=O)(=O)C2(C(=O)NO)CCCC2)cc1. The molecule has 1 saturated carbocycles. The summed E-state index contributed by atoms with van der Waals surface area (Å²) in [4.78, 5) is 12.0. The van der Waals surface area contributed by atoms with Gasteiger partial charge in [-0.1, -0.05) is 12.8 Å². The molecule has 2 N–H and O–H groups in total. The summed E-state index contributed by atoms with van der Waals surface area (Å²) in [5, 5.41) is 8.87. The molecule has 20 heavy (non-hydrogen) atoms. The van der Waals surface area contributed by atoms with Crippen molar-refractivity contribution in [3.8, 4) is 5.75 Å². The van der Waals surface area contributed by atoms with Crippen LogP contribution in [0.5, 0.6) is 5.75 Å². The fraction of sp³-hybridized carbons (Fsp3) is 0.462. The number of hydroxylamine groups is 1. The molecule has 0 radical (unpaired) electrons. The third-order valence-corrected chi connectivity index (χ3v) is 6.33. The van der Waals surface area contributed by atoms with Crippen LogP contribution in [-0.4, -0.2) is 31.4 Å². The predicted octanol–water partition coefficient (Wildman–Crippen LogP) is 1.29. The largest absolute Gasteiger partial charge is 0.497 e. The number of amides is 1. The van der Waals surface area contributed by atoms with Gasteiger partial charge < -0.3 is 4.74 Å². The maximum absolute atomic E-state index is 12.7. The molecule has 6 nitrogen and oxygen atoms in total. The monoisotopic (exact) mass is 299 g/mol. The number of benzene rings is 1. The molecule has 7 heteroatoms. The summed E-state index contributed by atoms with van der Waals surface area (Å²) in [7, 11) is -2.38. The summed E-state index contributed by atoms with van der Waals surface area (Å²) < 4.78 is 28.9. The minimum absolute atomic E-state index is 0.0591. The van der Waals surface area contributed by atoms with E-state index in [1.54, 1.807) is 0 Å². The molecule has 1 aliphatic rings. The quantitative estimate of drug-likeness (QED) is 0.645. The standard InChI is InChI=1S/C13H17NO5S/c1-19-10-4-6-11(7-5-10)20(17,18)13(12(15)14-16)8-2-3-9-13/h4-7,16H,2-3,8-9H2,1H3,(H,14,15). The number of carbonyl (C=O) groups excluding carboxylic acids is 1. The smallest absolute Gasteiger partial charge is 0.265 e. The minimum Gasteiger partial charge on any atom is -0.497 e. The van der Waals surface area contributed by atoms with Crippen LogP contribution in [0.2, 0.25) is 0 Å². The van der Waals surface area contributed by atoms with Crippen molar-refractivity contribution in [2.24, 2.45) is 0 Å². The number of hydrogen-bond donors (Lipinski definition) is 2. The van der Waals surface area contributed by atoms with Gasteiger partial charge >= 0.3 is 0 Å². The number of rotatable bonds is 4. The lowest BCUT2D eigenvalue weighted by molar-refractivity contribution is -0.131. The number of sulfone groups is 1. The van der Waals surface area contributed by atoms with Gasteiger partial charge in [-0.2, -0.15) is 0 Å². The Morgan fingerprint density at radius 3 is 2.25 bits per heavy atom. The molecule has 0 atom stereocenters. The van der Waals surface area contributed by atoms with Gasteiger partial charge in [-0.3, -0.25) is 10.0 Å². The molecule has 0 heterocycles. The first-order valence-corrected chi connectivity index (χ1v) is 7.79. The van der Waals surface area contributed by atoms with E-state index in [1.165, 1.54) is 36.9 Å². The molecule has 0 aliphatic heterocycles. The number of methoxy groups -OCH3 is 1. The van der Waals surface area contributed by atoms with Crippen molar-refractivity contribution in [3.63, 3.8) is 0 Å². The Morgan fingerprint density at radius 2 is 1.80 bits per heavy atom. The highest BCUT2D eigenvalue weighted by Crippen LogP contribution is 2.40. The number of carbonyl (C=O) groups is 1. The van der Waals surface area contributed by atoms with Gasteiger partial charge in [0.2, 0.25) is 0 Å². The Hall–Kier alpha value is -1.60. The Kier molecular flexibility index (Phi) is 4.01. The van der Waals surface area contributed by atoms with Crippen LogP contribution in [0.25, 0.3) is 0 Å². The van der Waals surface area contributed by atoms with Gasteiger partial charge in [0.1, 0.15) is 5.75 Å². The zero-order chi connectivity index (χ0) is 14.8. The molecule has 0 saturated heterocycles. The number of nitrogens with one attached hydrogen (secondary N) is 1. The Balaban J connectivity index is 2.48. The molecule has 1 aromatic rings. The Bertz CT molecular complexity index is 588. The Morgan fingerprint density at radius 1 is 1.25 bits per heavy atom. The number of hydrogen-bond acceptors (Lipinski definition) is 5. The predicted molar refractivity (Wildman–Crippen MR) is 71.3 cm³/mol.